The number of carbonyl (C=O) groups is 2. The molecule has 0 spiro atoms. The van der Waals surface area contributed by atoms with Crippen LogP contribution in [0.3, 0.4) is 0 Å². The normalized spacial score (nSPS) is 15.1. The van der Waals surface area contributed by atoms with Crippen LogP contribution in [0.25, 0.3) is 0 Å². The molecule has 0 radical (unpaired) electrons. The maximum Gasteiger partial charge on any atom is 0.416 e. The van der Waals surface area contributed by atoms with Gasteiger partial charge in [0.1, 0.15) is 18.3 Å². The fourth-order valence-corrected chi connectivity index (χ4v) is 3.46. The predicted octanol–water partition coefficient (Wildman–Crippen LogP) is 2.50. The minimum atomic E-state index is -4.70. The van der Waals surface area contributed by atoms with Gasteiger partial charge in [-0.05, 0) is 24.5 Å². The number of piperazine rings is 1. The monoisotopic (exact) mass is 470 g/mol. The number of anilines is 1. The van der Waals surface area contributed by atoms with Crippen LogP contribution in [0, 0.1) is 27.4 Å². The van der Waals surface area contributed by atoms with Gasteiger partial charge < -0.3 is 20.4 Å². The van der Waals surface area contributed by atoms with E-state index in [0.29, 0.717) is 12.5 Å². The van der Waals surface area contributed by atoms with Gasteiger partial charge in [-0.15, -0.1) is 0 Å². The summed E-state index contributed by atoms with van der Waals surface area (Å²) in [4.78, 5) is 38.4. The summed E-state index contributed by atoms with van der Waals surface area (Å²) in [5.41, 5.74) is -1.72. The van der Waals surface area contributed by atoms with Crippen molar-refractivity contribution in [2.45, 2.75) is 32.5 Å². The van der Waals surface area contributed by atoms with Gasteiger partial charge in [0.2, 0.25) is 5.91 Å². The predicted molar refractivity (Wildman–Crippen MR) is 112 cm³/mol. The summed E-state index contributed by atoms with van der Waals surface area (Å²) in [6, 6.07) is 2.82. The summed E-state index contributed by atoms with van der Waals surface area (Å²) >= 11 is 0. The molecule has 33 heavy (non-hydrogen) atoms. The van der Waals surface area contributed by atoms with Crippen molar-refractivity contribution in [3.8, 4) is 6.07 Å². The summed E-state index contributed by atoms with van der Waals surface area (Å²) in [6.07, 6.45) is -4.34. The molecule has 13 heteroatoms. The first-order valence-electron chi connectivity index (χ1n) is 10.2. The zero-order valence-corrected chi connectivity index (χ0v) is 18.2. The molecule has 0 bridgehead atoms. The zero-order chi connectivity index (χ0) is 24.8. The summed E-state index contributed by atoms with van der Waals surface area (Å²) in [5.74, 6) is -0.377. The van der Waals surface area contributed by atoms with Gasteiger partial charge in [-0.25, -0.2) is 4.79 Å². The lowest BCUT2D eigenvalue weighted by Crippen LogP contribution is -2.56. The van der Waals surface area contributed by atoms with E-state index in [1.54, 1.807) is 11.0 Å². The first kappa shape index (κ1) is 25.7. The van der Waals surface area contributed by atoms with Crippen LogP contribution in [0.2, 0.25) is 0 Å². The molecule has 0 aromatic heterocycles. The van der Waals surface area contributed by atoms with Gasteiger partial charge >= 0.3 is 12.2 Å². The number of hydrogen-bond acceptors (Lipinski definition) is 6. The van der Waals surface area contributed by atoms with Gasteiger partial charge in [0.15, 0.2) is 0 Å². The van der Waals surface area contributed by atoms with Crippen LogP contribution in [-0.2, 0) is 11.0 Å². The van der Waals surface area contributed by atoms with Gasteiger partial charge in [0, 0.05) is 32.2 Å². The van der Waals surface area contributed by atoms with Crippen LogP contribution in [0.1, 0.15) is 25.8 Å². The molecular weight excluding hydrogens is 445 g/mol. The first-order chi connectivity index (χ1) is 15.4. The molecule has 180 valence electrons. The largest absolute Gasteiger partial charge is 0.416 e. The number of benzene rings is 1. The van der Waals surface area contributed by atoms with Gasteiger partial charge in [0.05, 0.1) is 16.6 Å². The second kappa shape index (κ2) is 10.8. The minimum absolute atomic E-state index is 0.0432. The number of hydrogen-bond donors (Lipinski definition) is 2. The number of nitro groups is 1. The number of nitrogens with zero attached hydrogens (tertiary/aromatic N) is 4. The molecule has 1 saturated heterocycles. The quantitative estimate of drug-likeness (QED) is 0.358. The second-order valence-electron chi connectivity index (χ2n) is 7.94. The van der Waals surface area contributed by atoms with Crippen molar-refractivity contribution in [2.75, 3.05) is 37.6 Å². The number of rotatable bonds is 7. The molecule has 0 unspecified atom stereocenters. The van der Waals surface area contributed by atoms with E-state index in [0.717, 1.165) is 12.1 Å². The van der Waals surface area contributed by atoms with Crippen molar-refractivity contribution < 1.29 is 27.7 Å². The number of alkyl halides is 3. The molecule has 1 aliphatic heterocycles. The molecule has 1 aliphatic rings. The zero-order valence-electron chi connectivity index (χ0n) is 18.2. The lowest BCUT2D eigenvalue weighted by atomic mass is 10.0. The molecule has 0 aliphatic carbocycles. The molecule has 3 amide bonds. The molecule has 1 atom stereocenters. The number of amides is 3. The number of carbonyl (C=O) groups excluding carboxylic acids is 2. The second-order valence-corrected chi connectivity index (χ2v) is 7.94. The van der Waals surface area contributed by atoms with Gasteiger partial charge in [0.25, 0.3) is 5.69 Å². The molecule has 1 fully saturated rings. The Morgan fingerprint density at radius 3 is 2.39 bits per heavy atom. The van der Waals surface area contributed by atoms with E-state index in [2.05, 4.69) is 10.6 Å². The minimum Gasteiger partial charge on any atom is -0.362 e. The van der Waals surface area contributed by atoms with E-state index < -0.39 is 40.3 Å². The third kappa shape index (κ3) is 6.96. The Labute approximate surface area is 188 Å². The highest BCUT2D eigenvalue weighted by molar-refractivity contribution is 5.87. The Morgan fingerprint density at radius 2 is 1.88 bits per heavy atom. The van der Waals surface area contributed by atoms with Gasteiger partial charge in [-0.1, -0.05) is 13.8 Å². The van der Waals surface area contributed by atoms with Crippen molar-refractivity contribution in [1.82, 2.24) is 15.5 Å². The highest BCUT2D eigenvalue weighted by Crippen LogP contribution is 2.36. The third-order valence-electron chi connectivity index (χ3n) is 5.07. The number of nitriles is 1. The van der Waals surface area contributed by atoms with E-state index in [-0.39, 0.29) is 44.3 Å². The van der Waals surface area contributed by atoms with E-state index in [1.165, 1.54) is 4.90 Å². The SMILES string of the molecule is CC(C)C[C@H](NC(=O)N1CCN(c2ccc(C(F)(F)F)cc2[N+](=O)[O-])CC1)C(=O)NCC#N. The van der Waals surface area contributed by atoms with Crippen molar-refractivity contribution in [2.24, 2.45) is 5.92 Å². The van der Waals surface area contributed by atoms with E-state index in [4.69, 9.17) is 5.26 Å². The maximum absolute atomic E-state index is 12.9. The average molecular weight is 470 g/mol. The van der Waals surface area contributed by atoms with E-state index >= 15 is 0 Å². The molecule has 2 N–H and O–H groups in total. The molecule has 1 aromatic rings. The Hall–Kier alpha value is -3.56. The van der Waals surface area contributed by atoms with Gasteiger partial charge in [-0.3, -0.25) is 14.9 Å². The highest BCUT2D eigenvalue weighted by atomic mass is 19.4. The third-order valence-corrected chi connectivity index (χ3v) is 5.07. The molecule has 2 rings (SSSR count). The fraction of sp³-hybridized carbons (Fsp3) is 0.550. The van der Waals surface area contributed by atoms with Crippen molar-refractivity contribution in [3.05, 3.63) is 33.9 Å². The topological polar surface area (TPSA) is 132 Å². The number of halogens is 3. The van der Waals surface area contributed by atoms with Crippen LogP contribution < -0.4 is 15.5 Å². The summed E-state index contributed by atoms with van der Waals surface area (Å²) < 4.78 is 38.8. The van der Waals surface area contributed by atoms with Crippen LogP contribution in [0.15, 0.2) is 18.2 Å². The van der Waals surface area contributed by atoms with Crippen molar-refractivity contribution >= 4 is 23.3 Å². The van der Waals surface area contributed by atoms with E-state index in [1.807, 2.05) is 13.8 Å². The first-order valence-corrected chi connectivity index (χ1v) is 10.2. The summed E-state index contributed by atoms with van der Waals surface area (Å²) in [7, 11) is 0. The lowest BCUT2D eigenvalue weighted by Gasteiger charge is -2.36. The standard InChI is InChI=1S/C20H25F3N6O4/c1-13(2)11-15(18(30)25-6-5-24)26-19(31)28-9-7-27(8-10-28)16-4-3-14(20(21,22)23)12-17(16)29(32)33/h3-4,12-13,15H,6-11H2,1-2H3,(H,25,30)(H,26,31)/t15-/m0/s1. The summed E-state index contributed by atoms with van der Waals surface area (Å²) in [6.45, 7) is 4.20. The van der Waals surface area contributed by atoms with Crippen LogP contribution >= 0.6 is 0 Å². The maximum atomic E-state index is 12.9. The Kier molecular flexibility index (Phi) is 8.44. The van der Waals surface area contributed by atoms with Crippen LogP contribution in [-0.4, -0.2) is 60.5 Å². The number of nitro benzene ring substituents is 1. The van der Waals surface area contributed by atoms with Gasteiger partial charge in [-0.2, -0.15) is 18.4 Å². The Balaban J connectivity index is 2.06. The average Bonchev–Trinajstić information content (AvgIpc) is 2.75. The Morgan fingerprint density at radius 1 is 1.24 bits per heavy atom. The summed E-state index contributed by atoms with van der Waals surface area (Å²) in [5, 5.41) is 25.0. The molecule has 10 nitrogen and oxygen atoms in total. The lowest BCUT2D eigenvalue weighted by molar-refractivity contribution is -0.384. The van der Waals surface area contributed by atoms with Crippen molar-refractivity contribution in [3.63, 3.8) is 0 Å². The van der Waals surface area contributed by atoms with Crippen LogP contribution in [0.5, 0.6) is 0 Å². The molecular formula is C20H25F3N6O4. The Bertz CT molecular complexity index is 923. The number of urea groups is 1. The number of nitrogens with one attached hydrogen (secondary N) is 2. The molecule has 0 saturated carbocycles. The van der Waals surface area contributed by atoms with Crippen molar-refractivity contribution in [1.29, 1.82) is 5.26 Å². The fourth-order valence-electron chi connectivity index (χ4n) is 3.46. The smallest absolute Gasteiger partial charge is 0.362 e. The molecule has 1 heterocycles. The van der Waals surface area contributed by atoms with E-state index in [9.17, 15) is 32.9 Å². The highest BCUT2D eigenvalue weighted by Gasteiger charge is 2.34. The molecule has 1 aromatic carbocycles. The van der Waals surface area contributed by atoms with Crippen LogP contribution in [0.4, 0.5) is 29.3 Å².